The Morgan fingerprint density at radius 2 is 2.24 bits per heavy atom. The Morgan fingerprint density at radius 1 is 1.41 bits per heavy atom. The molecule has 1 aromatic heterocycles. The van der Waals surface area contributed by atoms with Gasteiger partial charge >= 0.3 is 0 Å². The molecule has 0 saturated carbocycles. The standard InChI is InChI=1S/C9H12BrNO2S4/c10-8-1-2-9(16-8)17(12,13)11-5-7-6-14-3-4-15-7/h1-2,7,11H,3-6H2. The zero-order chi connectivity index (χ0) is 12.3. The lowest BCUT2D eigenvalue weighted by atomic mass is 10.5. The Morgan fingerprint density at radius 3 is 2.82 bits per heavy atom. The predicted molar refractivity (Wildman–Crippen MR) is 80.8 cm³/mol. The molecular formula is C9H12BrNO2S4. The van der Waals surface area contributed by atoms with Crippen LogP contribution in [0.3, 0.4) is 0 Å². The molecule has 96 valence electrons. The van der Waals surface area contributed by atoms with Crippen molar-refractivity contribution < 1.29 is 8.42 Å². The average Bonchev–Trinajstić information content (AvgIpc) is 2.76. The maximum Gasteiger partial charge on any atom is 0.250 e. The van der Waals surface area contributed by atoms with Crippen LogP contribution in [-0.4, -0.2) is 37.5 Å². The van der Waals surface area contributed by atoms with E-state index in [0.29, 0.717) is 16.0 Å². The topological polar surface area (TPSA) is 46.2 Å². The first-order chi connectivity index (χ1) is 8.08. The second kappa shape index (κ2) is 6.29. The molecule has 8 heteroatoms. The Hall–Kier alpha value is 0.790. The normalized spacial score (nSPS) is 21.6. The summed E-state index contributed by atoms with van der Waals surface area (Å²) >= 11 is 8.25. The minimum Gasteiger partial charge on any atom is -0.209 e. The van der Waals surface area contributed by atoms with E-state index in [-0.39, 0.29) is 0 Å². The Kier molecular flexibility index (Phi) is 5.26. The molecule has 0 radical (unpaired) electrons. The van der Waals surface area contributed by atoms with Gasteiger partial charge < -0.3 is 0 Å². The molecule has 3 nitrogen and oxygen atoms in total. The lowest BCUT2D eigenvalue weighted by Gasteiger charge is -2.20. The van der Waals surface area contributed by atoms with Crippen LogP contribution in [-0.2, 0) is 10.0 Å². The molecule has 2 heterocycles. The van der Waals surface area contributed by atoms with Crippen LogP contribution < -0.4 is 4.72 Å². The maximum absolute atomic E-state index is 12.0. The molecule has 1 fully saturated rings. The first kappa shape index (κ1) is 14.2. The van der Waals surface area contributed by atoms with Crippen molar-refractivity contribution in [2.75, 3.05) is 23.8 Å². The van der Waals surface area contributed by atoms with Gasteiger partial charge in [-0.05, 0) is 28.1 Å². The number of halogens is 1. The van der Waals surface area contributed by atoms with Crippen LogP contribution in [0.1, 0.15) is 0 Å². The summed E-state index contributed by atoms with van der Waals surface area (Å²) in [6.07, 6.45) is 0. The molecule has 0 aliphatic carbocycles. The number of hydrogen-bond acceptors (Lipinski definition) is 5. The van der Waals surface area contributed by atoms with Crippen molar-refractivity contribution >= 4 is 60.8 Å². The predicted octanol–water partition coefficient (Wildman–Crippen LogP) is 2.64. The third-order valence-corrected chi connectivity index (χ3v) is 8.58. The summed E-state index contributed by atoms with van der Waals surface area (Å²) in [6.45, 7) is 0.523. The second-order valence-electron chi connectivity index (χ2n) is 3.48. The van der Waals surface area contributed by atoms with Gasteiger partial charge in [0.2, 0.25) is 10.0 Å². The summed E-state index contributed by atoms with van der Waals surface area (Å²) in [4.78, 5) is 0. The van der Waals surface area contributed by atoms with Crippen molar-refractivity contribution in [2.24, 2.45) is 0 Å². The number of nitrogens with one attached hydrogen (secondary N) is 1. The summed E-state index contributed by atoms with van der Waals surface area (Å²) in [7, 11) is -3.32. The van der Waals surface area contributed by atoms with Crippen molar-refractivity contribution in [1.82, 2.24) is 4.72 Å². The van der Waals surface area contributed by atoms with Gasteiger partial charge in [-0.1, -0.05) is 0 Å². The van der Waals surface area contributed by atoms with Gasteiger partial charge in [0.1, 0.15) is 4.21 Å². The lowest BCUT2D eigenvalue weighted by molar-refractivity contribution is 0.583. The second-order valence-corrected chi connectivity index (χ2v) is 10.5. The zero-order valence-corrected chi connectivity index (χ0v) is 13.7. The summed E-state index contributed by atoms with van der Waals surface area (Å²) in [5.74, 6) is 3.31. The van der Waals surface area contributed by atoms with Crippen LogP contribution in [0.25, 0.3) is 0 Å². The molecule has 1 atom stereocenters. The molecule has 1 unspecified atom stereocenters. The molecule has 1 aliphatic rings. The van der Waals surface area contributed by atoms with E-state index in [0.717, 1.165) is 15.3 Å². The minimum atomic E-state index is -3.32. The van der Waals surface area contributed by atoms with Gasteiger partial charge in [0.05, 0.1) is 3.79 Å². The van der Waals surface area contributed by atoms with E-state index in [1.165, 1.54) is 17.1 Å². The van der Waals surface area contributed by atoms with E-state index in [4.69, 9.17) is 0 Å². The Balaban J connectivity index is 1.93. The van der Waals surface area contributed by atoms with E-state index in [9.17, 15) is 8.42 Å². The highest BCUT2D eigenvalue weighted by atomic mass is 79.9. The van der Waals surface area contributed by atoms with Crippen LogP contribution >= 0.6 is 50.8 Å². The van der Waals surface area contributed by atoms with Crippen molar-refractivity contribution in [2.45, 2.75) is 9.46 Å². The monoisotopic (exact) mass is 373 g/mol. The fraction of sp³-hybridized carbons (Fsp3) is 0.556. The Labute approximate surface area is 122 Å². The SMILES string of the molecule is O=S(=O)(NCC1CSCCS1)c1ccc(Br)s1. The van der Waals surface area contributed by atoms with E-state index in [1.54, 1.807) is 12.1 Å². The van der Waals surface area contributed by atoms with Gasteiger partial charge in [0.15, 0.2) is 0 Å². The van der Waals surface area contributed by atoms with E-state index < -0.39 is 10.0 Å². The molecule has 1 N–H and O–H groups in total. The molecule has 1 aromatic rings. The first-order valence-electron chi connectivity index (χ1n) is 5.02. The van der Waals surface area contributed by atoms with Crippen LogP contribution in [0.4, 0.5) is 0 Å². The van der Waals surface area contributed by atoms with Crippen molar-refractivity contribution in [3.05, 3.63) is 15.9 Å². The zero-order valence-electron chi connectivity index (χ0n) is 8.89. The maximum atomic E-state index is 12.0. The molecule has 17 heavy (non-hydrogen) atoms. The molecule has 2 rings (SSSR count). The summed E-state index contributed by atoms with van der Waals surface area (Å²) < 4.78 is 27.8. The van der Waals surface area contributed by atoms with Crippen molar-refractivity contribution in [3.8, 4) is 0 Å². The largest absolute Gasteiger partial charge is 0.250 e. The number of sulfonamides is 1. The molecule has 0 spiro atoms. The summed E-state index contributed by atoms with van der Waals surface area (Å²) in [5, 5.41) is 0.395. The molecule has 0 amide bonds. The minimum absolute atomic E-state index is 0.373. The molecular weight excluding hydrogens is 362 g/mol. The third-order valence-electron chi connectivity index (χ3n) is 2.20. The number of thioether (sulfide) groups is 2. The van der Waals surface area contributed by atoms with Gasteiger partial charge in [-0.2, -0.15) is 23.5 Å². The van der Waals surface area contributed by atoms with E-state index in [1.807, 2.05) is 23.5 Å². The van der Waals surface area contributed by atoms with E-state index >= 15 is 0 Å². The van der Waals surface area contributed by atoms with Gasteiger partial charge in [-0.25, -0.2) is 13.1 Å². The van der Waals surface area contributed by atoms with Gasteiger partial charge in [0, 0.05) is 29.1 Å². The highest BCUT2D eigenvalue weighted by Gasteiger charge is 2.20. The van der Waals surface area contributed by atoms with Gasteiger partial charge in [0.25, 0.3) is 0 Å². The number of hydrogen-bond donors (Lipinski definition) is 1. The molecule has 0 aromatic carbocycles. The first-order valence-corrected chi connectivity index (χ1v) is 10.3. The summed E-state index contributed by atoms with van der Waals surface area (Å²) in [6, 6.07) is 3.38. The molecule has 1 aliphatic heterocycles. The highest BCUT2D eigenvalue weighted by Crippen LogP contribution is 2.27. The summed E-state index contributed by atoms with van der Waals surface area (Å²) in [5.41, 5.74) is 0. The quantitative estimate of drug-likeness (QED) is 0.880. The van der Waals surface area contributed by atoms with Crippen LogP contribution in [0.2, 0.25) is 0 Å². The fourth-order valence-electron chi connectivity index (χ4n) is 1.37. The van der Waals surface area contributed by atoms with Crippen LogP contribution in [0.5, 0.6) is 0 Å². The van der Waals surface area contributed by atoms with Crippen LogP contribution in [0.15, 0.2) is 20.1 Å². The van der Waals surface area contributed by atoms with Crippen LogP contribution in [0, 0.1) is 0 Å². The number of thiophene rings is 1. The average molecular weight is 374 g/mol. The molecule has 1 saturated heterocycles. The van der Waals surface area contributed by atoms with Crippen molar-refractivity contribution in [1.29, 1.82) is 0 Å². The lowest BCUT2D eigenvalue weighted by Crippen LogP contribution is -2.33. The third kappa shape index (κ3) is 4.14. The van der Waals surface area contributed by atoms with Gasteiger partial charge in [-0.3, -0.25) is 0 Å². The molecule has 0 bridgehead atoms. The smallest absolute Gasteiger partial charge is 0.209 e. The van der Waals surface area contributed by atoms with E-state index in [2.05, 4.69) is 20.7 Å². The number of rotatable bonds is 4. The van der Waals surface area contributed by atoms with Gasteiger partial charge in [-0.15, -0.1) is 11.3 Å². The fourth-order valence-corrected chi connectivity index (χ4v) is 7.22. The highest BCUT2D eigenvalue weighted by molar-refractivity contribution is 9.11. The van der Waals surface area contributed by atoms with Crippen molar-refractivity contribution in [3.63, 3.8) is 0 Å². The Bertz CT molecular complexity index is 467.